The van der Waals surface area contributed by atoms with Gasteiger partial charge in [-0.05, 0) is 37.8 Å². The maximum absolute atomic E-state index is 11.6. The van der Waals surface area contributed by atoms with Crippen molar-refractivity contribution in [2.24, 2.45) is 0 Å². The van der Waals surface area contributed by atoms with Crippen LogP contribution in [-0.4, -0.2) is 17.1 Å². The van der Waals surface area contributed by atoms with Crippen molar-refractivity contribution >= 4 is 17.6 Å². The molecule has 1 aromatic heterocycles. The largest absolute Gasteiger partial charge is 0.459 e. The van der Waals surface area contributed by atoms with Crippen LogP contribution in [0.2, 0.25) is 5.15 Å². The Labute approximate surface area is 93.4 Å². The number of carbonyl (C=O) groups is 1. The smallest absolute Gasteiger partial charge is 0.339 e. The molecule has 1 aliphatic carbocycles. The van der Waals surface area contributed by atoms with Crippen LogP contribution in [0, 0.1) is 0 Å². The maximum atomic E-state index is 11.6. The molecule has 0 aromatic carbocycles. The van der Waals surface area contributed by atoms with E-state index in [0.29, 0.717) is 10.7 Å². The number of rotatable bonds is 2. The summed E-state index contributed by atoms with van der Waals surface area (Å²) in [4.78, 5) is 15.4. The molecule has 80 valence electrons. The molecule has 0 N–H and O–H groups in total. The first-order valence-corrected chi connectivity index (χ1v) is 5.46. The van der Waals surface area contributed by atoms with Gasteiger partial charge in [-0.2, -0.15) is 0 Å². The van der Waals surface area contributed by atoms with E-state index in [1.807, 2.05) is 0 Å². The van der Waals surface area contributed by atoms with Crippen molar-refractivity contribution in [1.82, 2.24) is 4.98 Å². The number of hydrogen-bond donors (Lipinski definition) is 0. The average molecular weight is 226 g/mol. The van der Waals surface area contributed by atoms with Crippen molar-refractivity contribution in [3.05, 3.63) is 29.0 Å². The third-order valence-electron chi connectivity index (χ3n) is 2.54. The Balaban J connectivity index is 1.98. The standard InChI is InChI=1S/C11H12ClNO2/c12-10-6-5-8(7-13-10)11(14)15-9-3-1-2-4-9/h5-7,9H,1-4H2. The molecule has 1 saturated carbocycles. The van der Waals surface area contributed by atoms with E-state index in [-0.39, 0.29) is 12.1 Å². The number of halogens is 1. The zero-order valence-corrected chi connectivity index (χ0v) is 9.04. The number of esters is 1. The second-order valence-electron chi connectivity index (χ2n) is 3.68. The Hall–Kier alpha value is -1.09. The molecule has 0 spiro atoms. The van der Waals surface area contributed by atoms with E-state index in [0.717, 1.165) is 25.7 Å². The normalized spacial score (nSPS) is 16.6. The van der Waals surface area contributed by atoms with Gasteiger partial charge in [-0.25, -0.2) is 9.78 Å². The lowest BCUT2D eigenvalue weighted by atomic mass is 10.3. The Bertz CT molecular complexity index is 344. The summed E-state index contributed by atoms with van der Waals surface area (Å²) in [5.74, 6) is -0.300. The van der Waals surface area contributed by atoms with Crippen LogP contribution in [0.5, 0.6) is 0 Å². The third kappa shape index (κ3) is 2.69. The molecule has 1 fully saturated rings. The summed E-state index contributed by atoms with van der Waals surface area (Å²) in [6.07, 6.45) is 5.79. The molecule has 15 heavy (non-hydrogen) atoms. The van der Waals surface area contributed by atoms with E-state index in [4.69, 9.17) is 16.3 Å². The van der Waals surface area contributed by atoms with Gasteiger partial charge in [0.2, 0.25) is 0 Å². The van der Waals surface area contributed by atoms with Crippen molar-refractivity contribution in [1.29, 1.82) is 0 Å². The molecule has 0 saturated heterocycles. The highest BCUT2D eigenvalue weighted by Crippen LogP contribution is 2.22. The van der Waals surface area contributed by atoms with Gasteiger partial charge in [0.25, 0.3) is 0 Å². The molecule has 3 nitrogen and oxygen atoms in total. The summed E-state index contributed by atoms with van der Waals surface area (Å²) in [6, 6.07) is 3.22. The fraction of sp³-hybridized carbons (Fsp3) is 0.455. The molecule has 4 heteroatoms. The minimum absolute atomic E-state index is 0.0909. The lowest BCUT2D eigenvalue weighted by Crippen LogP contribution is -2.14. The summed E-state index contributed by atoms with van der Waals surface area (Å²) in [7, 11) is 0. The van der Waals surface area contributed by atoms with Crippen LogP contribution >= 0.6 is 11.6 Å². The lowest BCUT2D eigenvalue weighted by Gasteiger charge is -2.10. The Morgan fingerprint density at radius 2 is 2.13 bits per heavy atom. The van der Waals surface area contributed by atoms with E-state index in [9.17, 15) is 4.79 Å². The van der Waals surface area contributed by atoms with Gasteiger partial charge < -0.3 is 4.74 Å². The van der Waals surface area contributed by atoms with E-state index in [2.05, 4.69) is 4.98 Å². The van der Waals surface area contributed by atoms with Gasteiger partial charge in [-0.1, -0.05) is 11.6 Å². The second-order valence-corrected chi connectivity index (χ2v) is 4.07. The predicted octanol–water partition coefficient (Wildman–Crippen LogP) is 2.83. The molecule has 0 radical (unpaired) electrons. The van der Waals surface area contributed by atoms with Crippen molar-refractivity contribution in [3.63, 3.8) is 0 Å². The van der Waals surface area contributed by atoms with E-state index >= 15 is 0 Å². The number of nitrogens with zero attached hydrogens (tertiary/aromatic N) is 1. The van der Waals surface area contributed by atoms with Crippen molar-refractivity contribution in [2.45, 2.75) is 31.8 Å². The average Bonchev–Trinajstić information content (AvgIpc) is 2.71. The van der Waals surface area contributed by atoms with Gasteiger partial charge in [0.1, 0.15) is 11.3 Å². The van der Waals surface area contributed by atoms with Gasteiger partial charge in [0.15, 0.2) is 0 Å². The molecule has 0 atom stereocenters. The second kappa shape index (κ2) is 4.62. The molecule has 0 aliphatic heterocycles. The van der Waals surface area contributed by atoms with Crippen molar-refractivity contribution < 1.29 is 9.53 Å². The first kappa shape index (κ1) is 10.4. The Morgan fingerprint density at radius 1 is 1.40 bits per heavy atom. The Morgan fingerprint density at radius 3 is 2.73 bits per heavy atom. The summed E-state index contributed by atoms with van der Waals surface area (Å²) in [5.41, 5.74) is 0.464. The quantitative estimate of drug-likeness (QED) is 0.574. The number of carbonyl (C=O) groups excluding carboxylic acids is 1. The van der Waals surface area contributed by atoms with Crippen LogP contribution < -0.4 is 0 Å². The highest BCUT2D eigenvalue weighted by Gasteiger charge is 2.20. The van der Waals surface area contributed by atoms with Gasteiger partial charge in [0, 0.05) is 6.20 Å². The molecule has 1 heterocycles. The van der Waals surface area contributed by atoms with Gasteiger partial charge in [0.05, 0.1) is 5.56 Å². The van der Waals surface area contributed by atoms with Crippen molar-refractivity contribution in [3.8, 4) is 0 Å². The zero-order chi connectivity index (χ0) is 10.7. The number of hydrogen-bond acceptors (Lipinski definition) is 3. The lowest BCUT2D eigenvalue weighted by molar-refractivity contribution is 0.0317. The van der Waals surface area contributed by atoms with Crippen LogP contribution in [0.25, 0.3) is 0 Å². The molecule has 1 aliphatic rings. The molecular formula is C11H12ClNO2. The summed E-state index contributed by atoms with van der Waals surface area (Å²) >= 11 is 5.62. The van der Waals surface area contributed by atoms with Gasteiger partial charge in [-0.3, -0.25) is 0 Å². The number of ether oxygens (including phenoxy) is 1. The Kier molecular flexibility index (Phi) is 3.21. The van der Waals surface area contributed by atoms with E-state index < -0.39 is 0 Å². The van der Waals surface area contributed by atoms with Gasteiger partial charge >= 0.3 is 5.97 Å². The maximum Gasteiger partial charge on any atom is 0.339 e. The summed E-state index contributed by atoms with van der Waals surface area (Å²) in [6.45, 7) is 0. The van der Waals surface area contributed by atoms with Crippen LogP contribution in [0.15, 0.2) is 18.3 Å². The first-order valence-electron chi connectivity index (χ1n) is 5.08. The van der Waals surface area contributed by atoms with Crippen LogP contribution in [-0.2, 0) is 4.74 Å². The highest BCUT2D eigenvalue weighted by molar-refractivity contribution is 6.29. The van der Waals surface area contributed by atoms with Crippen molar-refractivity contribution in [2.75, 3.05) is 0 Å². The summed E-state index contributed by atoms with van der Waals surface area (Å²) < 4.78 is 5.32. The molecular weight excluding hydrogens is 214 g/mol. The highest BCUT2D eigenvalue weighted by atomic mass is 35.5. The van der Waals surface area contributed by atoms with Crippen LogP contribution in [0.1, 0.15) is 36.0 Å². The number of pyridine rings is 1. The summed E-state index contributed by atoms with van der Waals surface area (Å²) in [5, 5.41) is 0.382. The first-order chi connectivity index (χ1) is 7.25. The third-order valence-corrected chi connectivity index (χ3v) is 2.76. The minimum Gasteiger partial charge on any atom is -0.459 e. The fourth-order valence-corrected chi connectivity index (χ4v) is 1.83. The SMILES string of the molecule is O=C(OC1CCCC1)c1ccc(Cl)nc1. The molecule has 1 aromatic rings. The predicted molar refractivity (Wildman–Crippen MR) is 56.9 cm³/mol. The number of aromatic nitrogens is 1. The van der Waals surface area contributed by atoms with E-state index in [1.54, 1.807) is 12.1 Å². The molecule has 2 rings (SSSR count). The molecule has 0 unspecified atom stereocenters. The molecule has 0 amide bonds. The topological polar surface area (TPSA) is 39.2 Å². The monoisotopic (exact) mass is 225 g/mol. The van der Waals surface area contributed by atoms with Crippen LogP contribution in [0.4, 0.5) is 0 Å². The molecule has 0 bridgehead atoms. The fourth-order valence-electron chi connectivity index (χ4n) is 1.72. The zero-order valence-electron chi connectivity index (χ0n) is 8.28. The van der Waals surface area contributed by atoms with Gasteiger partial charge in [-0.15, -0.1) is 0 Å². The van der Waals surface area contributed by atoms with E-state index in [1.165, 1.54) is 6.20 Å². The van der Waals surface area contributed by atoms with Crippen LogP contribution in [0.3, 0.4) is 0 Å². The minimum atomic E-state index is -0.300.